The average Bonchev–Trinajstić information content (AvgIpc) is 2.93. The predicted octanol–water partition coefficient (Wildman–Crippen LogP) is 2.57. The summed E-state index contributed by atoms with van der Waals surface area (Å²) in [4.78, 5) is 25.9. The van der Waals surface area contributed by atoms with Crippen LogP contribution in [0.15, 0.2) is 47.1 Å². The third-order valence-corrected chi connectivity index (χ3v) is 3.30. The third kappa shape index (κ3) is 2.97. The molecule has 0 saturated carbocycles. The van der Waals surface area contributed by atoms with Crippen LogP contribution in [-0.4, -0.2) is 30.9 Å². The number of furan rings is 1. The Kier molecular flexibility index (Phi) is 4.42. The summed E-state index contributed by atoms with van der Waals surface area (Å²) in [5, 5.41) is 0. The van der Waals surface area contributed by atoms with Crippen LogP contribution in [0.5, 0.6) is 0 Å². The number of amides is 1. The normalized spacial score (nSPS) is 11.8. The summed E-state index contributed by atoms with van der Waals surface area (Å²) in [6, 6.07) is 9.91. The lowest BCUT2D eigenvalue weighted by molar-refractivity contribution is -0.145. The molecule has 2 aromatic rings. The van der Waals surface area contributed by atoms with E-state index in [1.807, 2.05) is 18.2 Å². The first-order chi connectivity index (χ1) is 10.1. The number of rotatable bonds is 4. The molecule has 0 spiro atoms. The quantitative estimate of drug-likeness (QED) is 0.811. The molecule has 5 nitrogen and oxygen atoms in total. The van der Waals surface area contributed by atoms with Crippen LogP contribution >= 0.6 is 0 Å². The molecule has 0 N–H and O–H groups in total. The number of carbonyl (C=O) groups is 2. The van der Waals surface area contributed by atoms with Gasteiger partial charge in [-0.1, -0.05) is 30.3 Å². The second-order valence-corrected chi connectivity index (χ2v) is 4.69. The van der Waals surface area contributed by atoms with Crippen molar-refractivity contribution in [2.24, 2.45) is 0 Å². The third-order valence-electron chi connectivity index (χ3n) is 3.30. The maximum atomic E-state index is 12.5. The molecule has 0 aliphatic carbocycles. The average molecular weight is 287 g/mol. The number of hydrogen-bond donors (Lipinski definition) is 0. The zero-order chi connectivity index (χ0) is 15.4. The number of carbonyl (C=O) groups excluding carboxylic acids is 2. The van der Waals surface area contributed by atoms with Gasteiger partial charge in [0, 0.05) is 12.6 Å². The maximum Gasteiger partial charge on any atom is 0.333 e. The van der Waals surface area contributed by atoms with Crippen LogP contribution in [0.3, 0.4) is 0 Å². The smallest absolute Gasteiger partial charge is 0.333 e. The Labute approximate surface area is 123 Å². The molecule has 110 valence electrons. The van der Waals surface area contributed by atoms with E-state index in [9.17, 15) is 9.59 Å². The van der Waals surface area contributed by atoms with Crippen molar-refractivity contribution in [1.82, 2.24) is 4.90 Å². The number of methoxy groups -OCH3 is 1. The van der Waals surface area contributed by atoms with E-state index in [0.29, 0.717) is 5.56 Å². The van der Waals surface area contributed by atoms with Gasteiger partial charge in [-0.2, -0.15) is 0 Å². The monoisotopic (exact) mass is 287 g/mol. The molecule has 21 heavy (non-hydrogen) atoms. The van der Waals surface area contributed by atoms with E-state index >= 15 is 0 Å². The van der Waals surface area contributed by atoms with Gasteiger partial charge in [0.05, 0.1) is 13.4 Å². The van der Waals surface area contributed by atoms with Gasteiger partial charge in [-0.05, 0) is 18.6 Å². The molecule has 1 atom stereocenters. The van der Waals surface area contributed by atoms with Crippen molar-refractivity contribution in [3.63, 3.8) is 0 Å². The Balaban J connectivity index is 2.35. The molecule has 1 aromatic carbocycles. The Morgan fingerprint density at radius 1 is 1.19 bits per heavy atom. The predicted molar refractivity (Wildman–Crippen MR) is 76.7 cm³/mol. The van der Waals surface area contributed by atoms with Crippen LogP contribution in [0.2, 0.25) is 0 Å². The van der Waals surface area contributed by atoms with Gasteiger partial charge in [-0.25, -0.2) is 4.79 Å². The van der Waals surface area contributed by atoms with Gasteiger partial charge < -0.3 is 14.1 Å². The summed E-state index contributed by atoms with van der Waals surface area (Å²) in [7, 11) is 2.85. The Hall–Kier alpha value is -2.56. The van der Waals surface area contributed by atoms with Crippen LogP contribution in [0.1, 0.15) is 27.7 Å². The van der Waals surface area contributed by atoms with Gasteiger partial charge in [0.2, 0.25) is 0 Å². The molecule has 1 aromatic heterocycles. The first-order valence-corrected chi connectivity index (χ1v) is 6.50. The lowest BCUT2D eigenvalue weighted by Crippen LogP contribution is -2.36. The lowest BCUT2D eigenvalue weighted by Gasteiger charge is -2.25. The van der Waals surface area contributed by atoms with Crippen molar-refractivity contribution in [2.75, 3.05) is 14.2 Å². The van der Waals surface area contributed by atoms with E-state index < -0.39 is 12.0 Å². The summed E-state index contributed by atoms with van der Waals surface area (Å²) in [6.45, 7) is 1.78. The van der Waals surface area contributed by atoms with E-state index in [1.165, 1.54) is 18.3 Å². The van der Waals surface area contributed by atoms with Crippen molar-refractivity contribution in [3.8, 4) is 0 Å². The molecule has 5 heteroatoms. The minimum atomic E-state index is -0.812. The van der Waals surface area contributed by atoms with Crippen LogP contribution in [0.25, 0.3) is 0 Å². The van der Waals surface area contributed by atoms with Crippen molar-refractivity contribution in [1.29, 1.82) is 0 Å². The van der Waals surface area contributed by atoms with Crippen molar-refractivity contribution in [3.05, 3.63) is 59.5 Å². The summed E-state index contributed by atoms with van der Waals surface area (Å²) < 4.78 is 10.0. The highest BCUT2D eigenvalue weighted by Gasteiger charge is 2.31. The number of esters is 1. The zero-order valence-electron chi connectivity index (χ0n) is 12.2. The Bertz CT molecular complexity index is 633. The highest BCUT2D eigenvalue weighted by Crippen LogP contribution is 2.23. The van der Waals surface area contributed by atoms with Crippen LogP contribution < -0.4 is 0 Å². The highest BCUT2D eigenvalue weighted by atomic mass is 16.5. The Morgan fingerprint density at radius 3 is 2.38 bits per heavy atom. The minimum absolute atomic E-state index is 0.224. The molecule has 0 aliphatic heterocycles. The second kappa shape index (κ2) is 6.26. The number of benzene rings is 1. The van der Waals surface area contributed by atoms with Crippen molar-refractivity contribution in [2.45, 2.75) is 13.0 Å². The molecule has 2 rings (SSSR count). The molecule has 0 aliphatic rings. The van der Waals surface area contributed by atoms with E-state index in [4.69, 9.17) is 9.15 Å². The largest absolute Gasteiger partial charge is 0.467 e. The molecule has 1 heterocycles. The minimum Gasteiger partial charge on any atom is -0.467 e. The molecule has 1 unspecified atom stereocenters. The van der Waals surface area contributed by atoms with Gasteiger partial charge >= 0.3 is 5.97 Å². The van der Waals surface area contributed by atoms with E-state index in [1.54, 1.807) is 32.2 Å². The second-order valence-electron chi connectivity index (χ2n) is 4.69. The van der Waals surface area contributed by atoms with Gasteiger partial charge in [0.25, 0.3) is 5.91 Å². The van der Waals surface area contributed by atoms with Gasteiger partial charge in [0.15, 0.2) is 11.8 Å². The summed E-state index contributed by atoms with van der Waals surface area (Å²) in [6.07, 6.45) is 1.45. The molecule has 0 fully saturated rings. The van der Waals surface area contributed by atoms with Gasteiger partial charge in [-0.15, -0.1) is 0 Å². The first kappa shape index (κ1) is 14.8. The number of ether oxygens (including phenoxy) is 1. The molecule has 0 radical (unpaired) electrons. The molecule has 0 bridgehead atoms. The number of likely N-dealkylation sites (N-methyl/N-ethyl adjacent to an activating group) is 1. The highest BCUT2D eigenvalue weighted by molar-refractivity contribution is 5.95. The fourth-order valence-corrected chi connectivity index (χ4v) is 2.13. The summed E-state index contributed by atoms with van der Waals surface area (Å²) in [5.74, 6) is -0.639. The summed E-state index contributed by atoms with van der Waals surface area (Å²) >= 11 is 0. The van der Waals surface area contributed by atoms with Crippen LogP contribution in [0.4, 0.5) is 0 Å². The number of hydrogen-bond acceptors (Lipinski definition) is 4. The molecular weight excluding hydrogens is 270 g/mol. The van der Waals surface area contributed by atoms with Crippen molar-refractivity contribution >= 4 is 11.9 Å². The zero-order valence-corrected chi connectivity index (χ0v) is 12.2. The van der Waals surface area contributed by atoms with E-state index in [2.05, 4.69) is 0 Å². The maximum absolute atomic E-state index is 12.5. The van der Waals surface area contributed by atoms with Crippen LogP contribution in [-0.2, 0) is 9.53 Å². The fraction of sp³-hybridized carbons (Fsp3) is 0.250. The standard InChI is InChI=1S/C16H17NO4/c1-11-9-10-21-14(11)15(18)17(2)13(16(19)20-3)12-7-5-4-6-8-12/h4-10,13H,1-3H3. The molecule has 1 amide bonds. The first-order valence-electron chi connectivity index (χ1n) is 6.50. The lowest BCUT2D eigenvalue weighted by atomic mass is 10.1. The van der Waals surface area contributed by atoms with Crippen LogP contribution in [0, 0.1) is 6.92 Å². The van der Waals surface area contributed by atoms with Gasteiger partial charge in [-0.3, -0.25) is 4.79 Å². The van der Waals surface area contributed by atoms with Gasteiger partial charge in [0.1, 0.15) is 0 Å². The van der Waals surface area contributed by atoms with E-state index in [0.717, 1.165) is 5.56 Å². The van der Waals surface area contributed by atoms with E-state index in [-0.39, 0.29) is 11.7 Å². The molecule has 0 saturated heterocycles. The number of aryl methyl sites for hydroxylation is 1. The Morgan fingerprint density at radius 2 is 1.86 bits per heavy atom. The SMILES string of the molecule is COC(=O)C(c1ccccc1)N(C)C(=O)c1occc1C. The topological polar surface area (TPSA) is 59.8 Å². The van der Waals surface area contributed by atoms with Crippen molar-refractivity contribution < 1.29 is 18.7 Å². The fourth-order valence-electron chi connectivity index (χ4n) is 2.13. The summed E-state index contributed by atoms with van der Waals surface area (Å²) in [5.41, 5.74) is 1.41. The number of nitrogens with zero attached hydrogens (tertiary/aromatic N) is 1. The molecular formula is C16H17NO4.